The van der Waals surface area contributed by atoms with Crippen LogP contribution in [0.5, 0.6) is 0 Å². The van der Waals surface area contributed by atoms with Crippen molar-refractivity contribution in [3.05, 3.63) is 107 Å². The van der Waals surface area contributed by atoms with Gasteiger partial charge in [-0.2, -0.15) is 26.3 Å². The molecule has 0 aliphatic carbocycles. The summed E-state index contributed by atoms with van der Waals surface area (Å²) in [6.45, 7) is -0.312. The highest BCUT2D eigenvalue weighted by atomic mass is 19.4. The van der Waals surface area contributed by atoms with Gasteiger partial charge >= 0.3 is 18.3 Å². The number of fused-ring (bicyclic) bond motifs is 1. The number of carboxylic acid groups (broad SMARTS) is 1. The number of aliphatic carboxylic acids is 1. The Labute approximate surface area is 201 Å². The zero-order valence-electron chi connectivity index (χ0n) is 18.6. The molecule has 4 aromatic rings. The van der Waals surface area contributed by atoms with Crippen LogP contribution in [0.25, 0.3) is 10.9 Å². The van der Waals surface area contributed by atoms with Crippen LogP contribution in [-0.2, 0) is 30.1 Å². The van der Waals surface area contributed by atoms with Crippen molar-refractivity contribution in [2.45, 2.75) is 31.5 Å². The number of aromatic nitrogens is 1. The van der Waals surface area contributed by atoms with Crippen molar-refractivity contribution in [1.82, 2.24) is 9.88 Å². The van der Waals surface area contributed by atoms with E-state index in [9.17, 15) is 36.2 Å². The van der Waals surface area contributed by atoms with Crippen LogP contribution in [-0.4, -0.2) is 15.6 Å². The van der Waals surface area contributed by atoms with E-state index in [1.807, 2.05) is 0 Å². The second-order valence-corrected chi connectivity index (χ2v) is 8.26. The summed E-state index contributed by atoms with van der Waals surface area (Å²) < 4.78 is 81.6. The van der Waals surface area contributed by atoms with Gasteiger partial charge in [-0.1, -0.05) is 48.5 Å². The Morgan fingerprint density at radius 2 is 1.44 bits per heavy atom. The first-order chi connectivity index (χ1) is 16.9. The summed E-state index contributed by atoms with van der Waals surface area (Å²) in [7, 11) is 0. The molecule has 0 radical (unpaired) electrons. The molecular weight excluding hydrogens is 486 g/mol. The van der Waals surface area contributed by atoms with Gasteiger partial charge in [-0.25, -0.2) is 0 Å². The van der Waals surface area contributed by atoms with Crippen LogP contribution in [0.1, 0.15) is 34.0 Å². The molecule has 0 amide bonds. The standard InChI is InChI=1S/C26H20F6N2O2/c27-25(28,29)19-10-16(11-20(13-19)26(30,31)32)14-33-24(17-6-2-1-3-7-17)34-15-18(12-23(35)36)21-8-4-5-9-22(21)34/h1-11,13,15,24,33H,12,14H2,(H,35,36). The molecular formula is C26H20F6N2O2. The molecule has 0 spiro atoms. The van der Waals surface area contributed by atoms with Crippen LogP contribution >= 0.6 is 0 Å². The summed E-state index contributed by atoms with van der Waals surface area (Å²) in [6.07, 6.45) is -9.22. The molecule has 3 aromatic carbocycles. The third-order valence-electron chi connectivity index (χ3n) is 5.71. The largest absolute Gasteiger partial charge is 0.481 e. The lowest BCUT2D eigenvalue weighted by Gasteiger charge is -2.23. The minimum atomic E-state index is -4.95. The molecule has 0 aliphatic rings. The second kappa shape index (κ2) is 9.69. The van der Waals surface area contributed by atoms with Crippen LogP contribution in [0.4, 0.5) is 26.3 Å². The summed E-state index contributed by atoms with van der Waals surface area (Å²) in [4.78, 5) is 11.4. The van der Waals surface area contributed by atoms with Gasteiger partial charge in [0.05, 0.1) is 17.5 Å². The second-order valence-electron chi connectivity index (χ2n) is 8.26. The van der Waals surface area contributed by atoms with E-state index in [1.54, 1.807) is 65.4 Å². The minimum absolute atomic E-state index is 0.0931. The maximum absolute atomic E-state index is 13.3. The number of para-hydroxylation sites is 1. The Morgan fingerprint density at radius 1 is 0.861 bits per heavy atom. The van der Waals surface area contributed by atoms with Crippen molar-refractivity contribution in [2.24, 2.45) is 0 Å². The number of hydrogen-bond acceptors (Lipinski definition) is 2. The molecule has 2 N–H and O–H groups in total. The van der Waals surface area contributed by atoms with Crippen molar-refractivity contribution >= 4 is 16.9 Å². The predicted octanol–water partition coefficient (Wildman–Crippen LogP) is 6.64. The first kappa shape index (κ1) is 25.3. The molecule has 0 bridgehead atoms. The van der Waals surface area contributed by atoms with Crippen LogP contribution in [0.2, 0.25) is 0 Å². The lowest BCUT2D eigenvalue weighted by molar-refractivity contribution is -0.143. The van der Waals surface area contributed by atoms with Crippen LogP contribution in [0, 0.1) is 0 Å². The molecule has 0 saturated heterocycles. The van der Waals surface area contributed by atoms with Gasteiger partial charge in [-0.05, 0) is 41.0 Å². The molecule has 4 rings (SSSR count). The van der Waals surface area contributed by atoms with E-state index >= 15 is 0 Å². The molecule has 4 nitrogen and oxygen atoms in total. The van der Waals surface area contributed by atoms with Crippen molar-refractivity contribution < 1.29 is 36.2 Å². The molecule has 188 valence electrons. The molecule has 0 aliphatic heterocycles. The average molecular weight is 506 g/mol. The Morgan fingerprint density at radius 3 is 2.03 bits per heavy atom. The smallest absolute Gasteiger partial charge is 0.416 e. The molecule has 1 aromatic heterocycles. The first-order valence-electron chi connectivity index (χ1n) is 10.8. The van der Waals surface area contributed by atoms with Gasteiger partial charge in [0, 0.05) is 23.6 Å². The summed E-state index contributed by atoms with van der Waals surface area (Å²) >= 11 is 0. The minimum Gasteiger partial charge on any atom is -0.481 e. The molecule has 0 saturated carbocycles. The van der Waals surface area contributed by atoms with Gasteiger partial charge in [0.25, 0.3) is 0 Å². The van der Waals surface area contributed by atoms with E-state index in [4.69, 9.17) is 0 Å². The van der Waals surface area contributed by atoms with Gasteiger partial charge in [-0.3, -0.25) is 10.1 Å². The number of alkyl halides is 6. The van der Waals surface area contributed by atoms with Gasteiger partial charge in [0.15, 0.2) is 0 Å². The fourth-order valence-corrected chi connectivity index (χ4v) is 4.14. The number of carbonyl (C=O) groups is 1. The topological polar surface area (TPSA) is 54.3 Å². The van der Waals surface area contributed by atoms with E-state index in [0.29, 0.717) is 34.2 Å². The van der Waals surface area contributed by atoms with E-state index in [2.05, 4.69) is 5.32 Å². The monoisotopic (exact) mass is 506 g/mol. The maximum atomic E-state index is 13.3. The van der Waals surface area contributed by atoms with E-state index < -0.39 is 35.6 Å². The SMILES string of the molecule is O=C(O)Cc1cn(C(NCc2cc(C(F)(F)F)cc(C(F)(F)F)c2)c2ccccc2)c2ccccc12. The van der Waals surface area contributed by atoms with E-state index in [0.717, 1.165) is 0 Å². The maximum Gasteiger partial charge on any atom is 0.416 e. The highest BCUT2D eigenvalue weighted by Crippen LogP contribution is 2.36. The van der Waals surface area contributed by atoms with E-state index in [-0.39, 0.29) is 24.6 Å². The Hall–Kier alpha value is -3.79. The number of nitrogens with zero attached hydrogens (tertiary/aromatic N) is 1. The molecule has 0 fully saturated rings. The number of carboxylic acids is 1. The number of hydrogen-bond donors (Lipinski definition) is 2. The summed E-state index contributed by atoms with van der Waals surface area (Å²) in [6, 6.07) is 17.3. The molecule has 36 heavy (non-hydrogen) atoms. The average Bonchev–Trinajstić information content (AvgIpc) is 3.16. The highest BCUT2D eigenvalue weighted by Gasteiger charge is 2.37. The molecule has 1 unspecified atom stereocenters. The first-order valence-corrected chi connectivity index (χ1v) is 10.8. The van der Waals surface area contributed by atoms with Crippen LogP contribution in [0.3, 0.4) is 0 Å². The van der Waals surface area contributed by atoms with Gasteiger partial charge < -0.3 is 9.67 Å². The zero-order chi connectivity index (χ0) is 26.1. The van der Waals surface area contributed by atoms with Crippen LogP contribution < -0.4 is 5.32 Å². The third kappa shape index (κ3) is 5.54. The Bertz CT molecular complexity index is 1340. The summed E-state index contributed by atoms with van der Waals surface area (Å²) in [5.41, 5.74) is -1.10. The number of rotatable bonds is 7. The Kier molecular flexibility index (Phi) is 6.81. The fraction of sp³-hybridized carbons (Fsp3) is 0.192. The molecule has 1 heterocycles. The number of nitrogens with one attached hydrogen (secondary N) is 1. The zero-order valence-corrected chi connectivity index (χ0v) is 18.6. The quantitative estimate of drug-likeness (QED) is 0.276. The van der Waals surface area contributed by atoms with Gasteiger partial charge in [0.1, 0.15) is 6.17 Å². The van der Waals surface area contributed by atoms with E-state index in [1.165, 1.54) is 0 Å². The van der Waals surface area contributed by atoms with Gasteiger partial charge in [0.2, 0.25) is 0 Å². The van der Waals surface area contributed by atoms with Crippen molar-refractivity contribution in [3.63, 3.8) is 0 Å². The van der Waals surface area contributed by atoms with Crippen molar-refractivity contribution in [3.8, 4) is 0 Å². The summed E-state index contributed by atoms with van der Waals surface area (Å²) in [5.74, 6) is -1.04. The fourth-order valence-electron chi connectivity index (χ4n) is 4.14. The van der Waals surface area contributed by atoms with Crippen molar-refractivity contribution in [1.29, 1.82) is 0 Å². The van der Waals surface area contributed by atoms with Crippen LogP contribution in [0.15, 0.2) is 79.0 Å². The van der Waals surface area contributed by atoms with Crippen molar-refractivity contribution in [2.75, 3.05) is 0 Å². The highest BCUT2D eigenvalue weighted by molar-refractivity contribution is 5.87. The lowest BCUT2D eigenvalue weighted by Crippen LogP contribution is -2.27. The molecule has 10 heteroatoms. The Balaban J connectivity index is 1.77. The predicted molar refractivity (Wildman–Crippen MR) is 121 cm³/mol. The number of halogens is 6. The third-order valence-corrected chi connectivity index (χ3v) is 5.71. The molecule has 1 atom stereocenters. The number of benzene rings is 3. The normalized spacial score (nSPS) is 13.2. The van der Waals surface area contributed by atoms with Gasteiger partial charge in [-0.15, -0.1) is 0 Å². The summed E-state index contributed by atoms with van der Waals surface area (Å²) in [5, 5.41) is 13.1. The lowest BCUT2D eigenvalue weighted by atomic mass is 10.0.